The summed E-state index contributed by atoms with van der Waals surface area (Å²) in [5.74, 6) is -1.25. The molecule has 0 N–H and O–H groups in total. The highest BCUT2D eigenvalue weighted by molar-refractivity contribution is 6.30. The van der Waals surface area contributed by atoms with Gasteiger partial charge >= 0.3 is 6.09 Å². The molecule has 0 unspecified atom stereocenters. The number of benzene rings is 2. The van der Waals surface area contributed by atoms with E-state index in [1.54, 1.807) is 6.92 Å². The number of hydrazone groups is 1. The lowest BCUT2D eigenvalue weighted by atomic mass is 10.1. The first kappa shape index (κ1) is 23.9. The number of amides is 1. The highest BCUT2D eigenvalue weighted by Gasteiger charge is 2.21. The number of aryl methyl sites for hydroxylation is 3. The molecule has 3 aromatic rings. The Balaban J connectivity index is 1.87. The number of rotatable bonds is 7. The molecule has 172 valence electrons. The number of halogens is 2. The molecule has 0 spiro atoms. The summed E-state index contributed by atoms with van der Waals surface area (Å²) in [7, 11) is 1.41. The van der Waals surface area contributed by atoms with Crippen LogP contribution in [0.4, 0.5) is 9.18 Å². The minimum atomic E-state index is -0.827. The van der Waals surface area contributed by atoms with Crippen molar-refractivity contribution in [1.82, 2.24) is 15.2 Å². The Bertz CT molecular complexity index is 1190. The van der Waals surface area contributed by atoms with Crippen LogP contribution < -0.4 is 9.47 Å². The highest BCUT2D eigenvalue weighted by atomic mass is 35.5. The van der Waals surface area contributed by atoms with Crippen LogP contribution in [-0.2, 0) is 11.3 Å². The van der Waals surface area contributed by atoms with E-state index in [4.69, 9.17) is 25.8 Å². The quantitative estimate of drug-likeness (QED) is 0.253. The Morgan fingerprint density at radius 3 is 2.67 bits per heavy atom. The van der Waals surface area contributed by atoms with Crippen molar-refractivity contribution in [2.75, 3.05) is 7.11 Å². The van der Waals surface area contributed by atoms with Gasteiger partial charge in [-0.25, -0.2) is 9.18 Å². The van der Waals surface area contributed by atoms with Crippen LogP contribution in [-0.4, -0.2) is 34.8 Å². The molecule has 10 heteroatoms. The van der Waals surface area contributed by atoms with Gasteiger partial charge in [-0.15, -0.1) is 10.2 Å². The molecule has 0 aliphatic rings. The summed E-state index contributed by atoms with van der Waals surface area (Å²) in [6.45, 7) is 5.70. The van der Waals surface area contributed by atoms with Crippen LogP contribution >= 0.6 is 11.6 Å². The average Bonchev–Trinajstić information content (AvgIpc) is 2.77. The van der Waals surface area contributed by atoms with Crippen LogP contribution in [0.15, 0.2) is 47.6 Å². The van der Waals surface area contributed by atoms with Crippen molar-refractivity contribution < 1.29 is 23.4 Å². The Labute approximate surface area is 195 Å². The monoisotopic (exact) mass is 472 g/mol. The number of hydrogen-bond acceptors (Lipinski definition) is 7. The predicted molar refractivity (Wildman–Crippen MR) is 121 cm³/mol. The molecule has 1 heterocycles. The number of hydrogen-bond donors (Lipinski definition) is 0. The molecule has 1 aromatic heterocycles. The predicted octanol–water partition coefficient (Wildman–Crippen LogP) is 5.58. The zero-order valence-corrected chi connectivity index (χ0v) is 19.3. The van der Waals surface area contributed by atoms with Crippen molar-refractivity contribution >= 4 is 24.1 Å². The fourth-order valence-electron chi connectivity index (χ4n) is 2.85. The van der Waals surface area contributed by atoms with Crippen molar-refractivity contribution in [2.24, 2.45) is 5.10 Å². The van der Waals surface area contributed by atoms with Gasteiger partial charge in [0.15, 0.2) is 23.7 Å². The van der Waals surface area contributed by atoms with Gasteiger partial charge in [0.05, 0.1) is 24.4 Å². The Kier molecular flexibility index (Phi) is 7.78. The second-order valence-corrected chi connectivity index (χ2v) is 7.53. The maximum Gasteiger partial charge on any atom is 0.436 e. The summed E-state index contributed by atoms with van der Waals surface area (Å²) < 4.78 is 30.1. The highest BCUT2D eigenvalue weighted by Crippen LogP contribution is 2.33. The Morgan fingerprint density at radius 2 is 1.94 bits per heavy atom. The molecule has 0 aliphatic carbocycles. The SMILES string of the molecule is COC=NN(Cc1ccc(C)cc1C)C(=O)Oc1cc(C)nnc1Oc1cccc(Cl)c1F. The van der Waals surface area contributed by atoms with Crippen molar-refractivity contribution in [1.29, 1.82) is 0 Å². The zero-order valence-electron chi connectivity index (χ0n) is 18.5. The number of nitrogens with zero attached hydrogens (tertiary/aromatic N) is 4. The van der Waals surface area contributed by atoms with Crippen LogP contribution in [0.1, 0.15) is 22.4 Å². The van der Waals surface area contributed by atoms with Crippen molar-refractivity contribution in [2.45, 2.75) is 27.3 Å². The van der Waals surface area contributed by atoms with Crippen LogP contribution in [0.25, 0.3) is 0 Å². The molecule has 0 fully saturated rings. The van der Waals surface area contributed by atoms with Gasteiger partial charge in [0, 0.05) is 6.07 Å². The van der Waals surface area contributed by atoms with E-state index >= 15 is 0 Å². The summed E-state index contributed by atoms with van der Waals surface area (Å²) in [5.41, 5.74) is 3.41. The average molecular weight is 473 g/mol. The first-order valence-electron chi connectivity index (χ1n) is 9.85. The molecule has 0 atom stereocenters. The van der Waals surface area contributed by atoms with Gasteiger partial charge in [-0.05, 0) is 44.0 Å². The van der Waals surface area contributed by atoms with Gasteiger partial charge < -0.3 is 14.2 Å². The third-order valence-electron chi connectivity index (χ3n) is 4.49. The van der Waals surface area contributed by atoms with Gasteiger partial charge in [-0.2, -0.15) is 10.1 Å². The summed E-state index contributed by atoms with van der Waals surface area (Å²) in [4.78, 5) is 13.0. The lowest BCUT2D eigenvalue weighted by Gasteiger charge is -2.18. The maximum absolute atomic E-state index is 14.3. The lowest BCUT2D eigenvalue weighted by Crippen LogP contribution is -2.29. The van der Waals surface area contributed by atoms with Crippen LogP contribution in [0.2, 0.25) is 5.02 Å². The first-order chi connectivity index (χ1) is 15.8. The molecule has 0 saturated heterocycles. The molecule has 2 aromatic carbocycles. The van der Waals surface area contributed by atoms with E-state index in [0.717, 1.165) is 28.1 Å². The van der Waals surface area contributed by atoms with Gasteiger partial charge in [0.25, 0.3) is 5.88 Å². The van der Waals surface area contributed by atoms with Crippen molar-refractivity contribution in [3.63, 3.8) is 0 Å². The minimum Gasteiger partial charge on any atom is -0.485 e. The number of aromatic nitrogens is 2. The number of carbonyl (C=O) groups excluding carboxylic acids is 1. The molecule has 0 bridgehead atoms. The Morgan fingerprint density at radius 1 is 1.15 bits per heavy atom. The smallest absolute Gasteiger partial charge is 0.436 e. The van der Waals surface area contributed by atoms with Crippen molar-refractivity contribution in [3.05, 3.63) is 75.7 Å². The minimum absolute atomic E-state index is 0.0647. The summed E-state index contributed by atoms with van der Waals surface area (Å²) in [5, 5.41) is 12.8. The maximum atomic E-state index is 14.3. The van der Waals surface area contributed by atoms with Gasteiger partial charge in [-0.1, -0.05) is 41.4 Å². The van der Waals surface area contributed by atoms with Gasteiger partial charge in [0.2, 0.25) is 0 Å². The number of carbonyl (C=O) groups is 1. The molecule has 0 aliphatic heterocycles. The lowest BCUT2D eigenvalue weighted by molar-refractivity contribution is 0.148. The molecule has 8 nitrogen and oxygen atoms in total. The van der Waals surface area contributed by atoms with E-state index in [9.17, 15) is 9.18 Å². The number of ether oxygens (including phenoxy) is 3. The fraction of sp³-hybridized carbons (Fsp3) is 0.217. The second kappa shape index (κ2) is 10.7. The summed E-state index contributed by atoms with van der Waals surface area (Å²) in [6, 6.07) is 11.5. The Hall–Kier alpha value is -3.72. The largest absolute Gasteiger partial charge is 0.485 e. The molecular formula is C23H22ClFN4O4. The van der Waals surface area contributed by atoms with Crippen LogP contribution in [0.3, 0.4) is 0 Å². The van der Waals surface area contributed by atoms with Gasteiger partial charge in [0.1, 0.15) is 0 Å². The molecule has 3 rings (SSSR count). The third-order valence-corrected chi connectivity index (χ3v) is 4.78. The first-order valence-corrected chi connectivity index (χ1v) is 10.2. The van der Waals surface area contributed by atoms with E-state index in [2.05, 4.69) is 15.3 Å². The normalized spacial score (nSPS) is 10.8. The van der Waals surface area contributed by atoms with E-state index in [1.165, 1.54) is 31.4 Å². The summed E-state index contributed by atoms with van der Waals surface area (Å²) >= 11 is 5.81. The van der Waals surface area contributed by atoms with Crippen LogP contribution in [0.5, 0.6) is 17.4 Å². The van der Waals surface area contributed by atoms with E-state index in [-0.39, 0.29) is 28.9 Å². The van der Waals surface area contributed by atoms with E-state index in [0.29, 0.717) is 5.69 Å². The summed E-state index contributed by atoms with van der Waals surface area (Å²) in [6.07, 6.45) is 0.284. The standard InChI is InChI=1S/C23H22ClFN4O4/c1-14-8-9-17(15(2)10-14)12-29(26-13-31-4)23(30)33-20-11-16(3)27-28-22(20)32-19-7-5-6-18(24)21(19)25/h5-11,13H,12H2,1-4H3. The molecule has 1 amide bonds. The van der Waals surface area contributed by atoms with Crippen molar-refractivity contribution in [3.8, 4) is 17.4 Å². The molecular weight excluding hydrogens is 451 g/mol. The third kappa shape index (κ3) is 6.17. The second-order valence-electron chi connectivity index (χ2n) is 7.12. The fourth-order valence-corrected chi connectivity index (χ4v) is 3.02. The molecule has 0 saturated carbocycles. The molecule has 33 heavy (non-hydrogen) atoms. The van der Waals surface area contributed by atoms with Gasteiger partial charge in [-0.3, -0.25) is 0 Å². The molecule has 0 radical (unpaired) electrons. The van der Waals surface area contributed by atoms with E-state index in [1.807, 2.05) is 32.0 Å². The van der Waals surface area contributed by atoms with Crippen LogP contribution in [0, 0.1) is 26.6 Å². The zero-order chi connectivity index (χ0) is 24.0. The number of methoxy groups -OCH3 is 1. The topological polar surface area (TPSA) is 86.1 Å². The van der Waals surface area contributed by atoms with E-state index < -0.39 is 11.9 Å².